The molecule has 1 amide bonds. The molecule has 2 aromatic carbocycles. The van der Waals surface area contributed by atoms with Crippen LogP contribution < -0.4 is 14.8 Å². The third-order valence-electron chi connectivity index (χ3n) is 3.18. The number of benzene rings is 2. The van der Waals surface area contributed by atoms with Crippen molar-refractivity contribution >= 4 is 28.9 Å². The maximum Gasteiger partial charge on any atom is 0.273 e. The lowest BCUT2D eigenvalue weighted by atomic mass is 10.2. The van der Waals surface area contributed by atoms with Gasteiger partial charge in [-0.15, -0.1) is 0 Å². The highest BCUT2D eigenvalue weighted by molar-refractivity contribution is 6.30. The Kier molecular flexibility index (Phi) is 5.59. The number of halogens is 1. The molecule has 0 spiro atoms. The molecular weight excluding hydrogens is 336 g/mol. The molecule has 2 rings (SSSR count). The van der Waals surface area contributed by atoms with Gasteiger partial charge < -0.3 is 14.8 Å². The van der Waals surface area contributed by atoms with Crippen LogP contribution in [-0.2, 0) is 4.79 Å². The van der Waals surface area contributed by atoms with E-state index < -0.39 is 10.8 Å². The fourth-order valence-electron chi connectivity index (χ4n) is 1.99. The number of hydrogen-bond donors (Lipinski definition) is 1. The van der Waals surface area contributed by atoms with Crippen LogP contribution in [0.1, 0.15) is 5.56 Å². The van der Waals surface area contributed by atoms with Gasteiger partial charge in [-0.05, 0) is 36.8 Å². The van der Waals surface area contributed by atoms with Gasteiger partial charge in [0.2, 0.25) is 0 Å². The first-order valence-electron chi connectivity index (χ1n) is 6.92. The molecule has 0 aliphatic carbocycles. The number of rotatable bonds is 6. The quantitative estimate of drug-likeness (QED) is 0.635. The predicted molar refractivity (Wildman–Crippen MR) is 90.0 cm³/mol. The van der Waals surface area contributed by atoms with Gasteiger partial charge in [-0.3, -0.25) is 14.9 Å². The molecule has 0 radical (unpaired) electrons. The zero-order valence-electron chi connectivity index (χ0n) is 13.0. The Labute approximate surface area is 143 Å². The number of aryl methyl sites for hydroxylation is 1. The van der Waals surface area contributed by atoms with Crippen molar-refractivity contribution < 1.29 is 19.2 Å². The Morgan fingerprint density at radius 1 is 1.25 bits per heavy atom. The maximum atomic E-state index is 12.0. The monoisotopic (exact) mass is 350 g/mol. The first-order valence-corrected chi connectivity index (χ1v) is 7.29. The molecular formula is C16H15ClN2O5. The summed E-state index contributed by atoms with van der Waals surface area (Å²) < 4.78 is 10.4. The van der Waals surface area contributed by atoms with Crippen LogP contribution in [0.5, 0.6) is 11.5 Å². The van der Waals surface area contributed by atoms with Crippen molar-refractivity contribution in [2.24, 2.45) is 0 Å². The fourth-order valence-corrected chi connectivity index (χ4v) is 2.22. The van der Waals surface area contributed by atoms with E-state index in [-0.39, 0.29) is 18.0 Å². The lowest BCUT2D eigenvalue weighted by molar-refractivity contribution is -0.385. The third kappa shape index (κ3) is 4.36. The Morgan fingerprint density at radius 2 is 2.00 bits per heavy atom. The first-order chi connectivity index (χ1) is 11.4. The molecule has 0 fully saturated rings. The second kappa shape index (κ2) is 7.65. The van der Waals surface area contributed by atoms with Crippen LogP contribution >= 0.6 is 11.6 Å². The highest BCUT2D eigenvalue weighted by Gasteiger charge is 2.14. The van der Waals surface area contributed by atoms with Gasteiger partial charge in [-0.2, -0.15) is 0 Å². The van der Waals surface area contributed by atoms with Crippen molar-refractivity contribution in [1.82, 2.24) is 0 Å². The minimum Gasteiger partial charge on any atom is -0.493 e. The highest BCUT2D eigenvalue weighted by Crippen LogP contribution is 2.31. The molecule has 1 N–H and O–H groups in total. The van der Waals surface area contributed by atoms with Crippen LogP contribution in [0.2, 0.25) is 5.02 Å². The molecule has 126 valence electrons. The minimum absolute atomic E-state index is 0.120. The average Bonchev–Trinajstić information content (AvgIpc) is 2.55. The summed E-state index contributed by atoms with van der Waals surface area (Å²) in [5.74, 6) is 0.0136. The molecule has 2 aromatic rings. The van der Waals surface area contributed by atoms with Gasteiger partial charge in [0.1, 0.15) is 0 Å². The van der Waals surface area contributed by atoms with Gasteiger partial charge in [0.15, 0.2) is 18.1 Å². The SMILES string of the molecule is COc1ccc([N+](=O)[O-])cc1OCC(=O)Nc1ccc(Cl)cc1C. The molecule has 0 heterocycles. The minimum atomic E-state index is -0.552. The van der Waals surface area contributed by atoms with E-state index in [4.69, 9.17) is 21.1 Å². The summed E-state index contributed by atoms with van der Waals surface area (Å²) in [5, 5.41) is 14.1. The van der Waals surface area contributed by atoms with Gasteiger partial charge in [0.25, 0.3) is 11.6 Å². The fraction of sp³-hybridized carbons (Fsp3) is 0.188. The molecule has 0 aliphatic heterocycles. The maximum absolute atomic E-state index is 12.0. The molecule has 0 saturated carbocycles. The van der Waals surface area contributed by atoms with Crippen molar-refractivity contribution in [3.05, 3.63) is 57.1 Å². The van der Waals surface area contributed by atoms with Gasteiger partial charge in [-0.25, -0.2) is 0 Å². The van der Waals surface area contributed by atoms with E-state index in [1.807, 2.05) is 6.92 Å². The first kappa shape index (κ1) is 17.6. The number of anilines is 1. The van der Waals surface area contributed by atoms with E-state index >= 15 is 0 Å². The van der Waals surface area contributed by atoms with E-state index in [0.29, 0.717) is 16.5 Å². The van der Waals surface area contributed by atoms with E-state index in [1.54, 1.807) is 18.2 Å². The van der Waals surface area contributed by atoms with E-state index in [0.717, 1.165) is 5.56 Å². The second-order valence-electron chi connectivity index (χ2n) is 4.89. The molecule has 0 unspecified atom stereocenters. The summed E-state index contributed by atoms with van der Waals surface area (Å²) in [6, 6.07) is 8.98. The molecule has 0 saturated heterocycles. The smallest absolute Gasteiger partial charge is 0.273 e. The number of non-ortho nitro benzene ring substituents is 1. The van der Waals surface area contributed by atoms with Crippen molar-refractivity contribution in [1.29, 1.82) is 0 Å². The number of nitrogens with one attached hydrogen (secondary N) is 1. The zero-order valence-corrected chi connectivity index (χ0v) is 13.8. The summed E-state index contributed by atoms with van der Waals surface area (Å²) in [5.41, 5.74) is 1.27. The predicted octanol–water partition coefficient (Wildman–Crippen LogP) is 3.58. The van der Waals surface area contributed by atoms with Crippen LogP contribution in [0.25, 0.3) is 0 Å². The van der Waals surface area contributed by atoms with Gasteiger partial charge in [-0.1, -0.05) is 11.6 Å². The number of methoxy groups -OCH3 is 1. The zero-order chi connectivity index (χ0) is 17.7. The number of nitro groups is 1. The van der Waals surface area contributed by atoms with Crippen LogP contribution in [-0.4, -0.2) is 24.5 Å². The number of nitrogens with zero attached hydrogens (tertiary/aromatic N) is 1. The number of amides is 1. The van der Waals surface area contributed by atoms with Crippen LogP contribution in [0, 0.1) is 17.0 Å². The molecule has 0 aromatic heterocycles. The van der Waals surface area contributed by atoms with Crippen molar-refractivity contribution in [2.75, 3.05) is 19.0 Å². The number of carbonyl (C=O) groups excluding carboxylic acids is 1. The number of ether oxygens (including phenoxy) is 2. The Morgan fingerprint density at radius 3 is 2.62 bits per heavy atom. The third-order valence-corrected chi connectivity index (χ3v) is 3.41. The Hall–Kier alpha value is -2.80. The van der Waals surface area contributed by atoms with Gasteiger partial charge in [0.05, 0.1) is 18.1 Å². The summed E-state index contributed by atoms with van der Waals surface area (Å²) in [6.45, 7) is 1.49. The second-order valence-corrected chi connectivity index (χ2v) is 5.32. The summed E-state index contributed by atoms with van der Waals surface area (Å²) in [4.78, 5) is 22.3. The molecule has 7 nitrogen and oxygen atoms in total. The van der Waals surface area contributed by atoms with E-state index in [9.17, 15) is 14.9 Å². The highest BCUT2D eigenvalue weighted by atomic mass is 35.5. The Bertz CT molecular complexity index is 779. The molecule has 8 heteroatoms. The van der Waals surface area contributed by atoms with Crippen molar-refractivity contribution in [3.63, 3.8) is 0 Å². The topological polar surface area (TPSA) is 90.7 Å². The molecule has 0 atom stereocenters. The lowest BCUT2D eigenvalue weighted by Crippen LogP contribution is -2.20. The van der Waals surface area contributed by atoms with Crippen molar-refractivity contribution in [2.45, 2.75) is 6.92 Å². The summed E-state index contributed by atoms with van der Waals surface area (Å²) in [6.07, 6.45) is 0. The summed E-state index contributed by atoms with van der Waals surface area (Å²) >= 11 is 5.86. The van der Waals surface area contributed by atoms with Gasteiger partial charge in [0, 0.05) is 16.8 Å². The Balaban J connectivity index is 2.05. The molecule has 0 bridgehead atoms. The average molecular weight is 351 g/mol. The largest absolute Gasteiger partial charge is 0.493 e. The standard InChI is InChI=1S/C16H15ClN2O5/c1-10-7-11(17)3-5-13(10)18-16(20)9-24-15-8-12(19(21)22)4-6-14(15)23-2/h3-8H,9H2,1-2H3,(H,18,20). The van der Waals surface area contributed by atoms with Gasteiger partial charge >= 0.3 is 0 Å². The van der Waals surface area contributed by atoms with Crippen LogP contribution in [0.15, 0.2) is 36.4 Å². The lowest BCUT2D eigenvalue weighted by Gasteiger charge is -2.12. The number of hydrogen-bond acceptors (Lipinski definition) is 5. The van der Waals surface area contributed by atoms with E-state index in [2.05, 4.69) is 5.32 Å². The molecule has 24 heavy (non-hydrogen) atoms. The number of nitro benzene ring substituents is 1. The van der Waals surface area contributed by atoms with Crippen molar-refractivity contribution in [3.8, 4) is 11.5 Å². The van der Waals surface area contributed by atoms with Crippen LogP contribution in [0.4, 0.5) is 11.4 Å². The normalized spacial score (nSPS) is 10.1. The molecule has 0 aliphatic rings. The van der Waals surface area contributed by atoms with Crippen LogP contribution in [0.3, 0.4) is 0 Å². The summed E-state index contributed by atoms with van der Waals surface area (Å²) in [7, 11) is 1.41. The van der Waals surface area contributed by atoms with E-state index in [1.165, 1.54) is 25.3 Å². The number of carbonyl (C=O) groups is 1.